The Labute approximate surface area is 148 Å². The van der Waals surface area contributed by atoms with E-state index in [4.69, 9.17) is 11.6 Å². The van der Waals surface area contributed by atoms with Crippen molar-refractivity contribution in [1.82, 2.24) is 4.90 Å². The molecule has 2 rings (SSSR count). The third-order valence-electron chi connectivity index (χ3n) is 4.92. The quantitative estimate of drug-likeness (QED) is 0.807. The van der Waals surface area contributed by atoms with Crippen LogP contribution in [0.25, 0.3) is 0 Å². The number of aliphatic carboxylic acids is 1. The van der Waals surface area contributed by atoms with Gasteiger partial charge in [-0.05, 0) is 42.9 Å². The van der Waals surface area contributed by atoms with Gasteiger partial charge in [-0.2, -0.15) is 0 Å². The molecule has 1 unspecified atom stereocenters. The van der Waals surface area contributed by atoms with Gasteiger partial charge in [-0.25, -0.2) is 0 Å². The summed E-state index contributed by atoms with van der Waals surface area (Å²) in [7, 11) is 0. The molecule has 0 spiro atoms. The first kappa shape index (κ1) is 18.8. The average Bonchev–Trinajstić information content (AvgIpc) is 2.57. The van der Waals surface area contributed by atoms with Gasteiger partial charge in [0.2, 0.25) is 5.91 Å². The molecule has 0 aromatic heterocycles. The fourth-order valence-electron chi connectivity index (χ4n) is 3.42. The van der Waals surface area contributed by atoms with Crippen LogP contribution in [0.2, 0.25) is 5.02 Å². The van der Waals surface area contributed by atoms with E-state index in [1.165, 1.54) is 0 Å². The highest BCUT2D eigenvalue weighted by Crippen LogP contribution is 2.29. The van der Waals surface area contributed by atoms with E-state index in [-0.39, 0.29) is 17.7 Å². The van der Waals surface area contributed by atoms with Crippen molar-refractivity contribution in [2.75, 3.05) is 13.1 Å². The Kier molecular flexibility index (Phi) is 7.10. The van der Waals surface area contributed by atoms with Crippen molar-refractivity contribution in [2.24, 2.45) is 11.8 Å². The second-order valence-corrected chi connectivity index (χ2v) is 7.04. The van der Waals surface area contributed by atoms with Gasteiger partial charge in [0.15, 0.2) is 0 Å². The summed E-state index contributed by atoms with van der Waals surface area (Å²) in [6.07, 6.45) is 4.66. The van der Waals surface area contributed by atoms with Crippen molar-refractivity contribution in [3.8, 4) is 0 Å². The number of rotatable bonds is 7. The maximum atomic E-state index is 12.4. The van der Waals surface area contributed by atoms with Crippen LogP contribution in [0.15, 0.2) is 24.3 Å². The zero-order valence-corrected chi connectivity index (χ0v) is 15.0. The lowest BCUT2D eigenvalue weighted by Gasteiger charge is -2.34. The lowest BCUT2D eigenvalue weighted by atomic mass is 9.81. The van der Waals surface area contributed by atoms with Crippen molar-refractivity contribution >= 4 is 23.5 Å². The van der Waals surface area contributed by atoms with Crippen LogP contribution in [0.5, 0.6) is 0 Å². The van der Waals surface area contributed by atoms with E-state index in [0.29, 0.717) is 24.5 Å². The van der Waals surface area contributed by atoms with E-state index in [0.717, 1.165) is 37.7 Å². The first-order valence-corrected chi connectivity index (χ1v) is 9.14. The van der Waals surface area contributed by atoms with Crippen LogP contribution in [0.4, 0.5) is 0 Å². The summed E-state index contributed by atoms with van der Waals surface area (Å²) in [5.41, 5.74) is 0.956. The molecule has 4 nitrogen and oxygen atoms in total. The Balaban J connectivity index is 1.85. The van der Waals surface area contributed by atoms with Crippen LogP contribution in [-0.2, 0) is 16.0 Å². The molecule has 1 saturated heterocycles. The molecule has 1 fully saturated rings. The Morgan fingerprint density at radius 2 is 1.88 bits per heavy atom. The maximum absolute atomic E-state index is 12.4. The number of carboxylic acid groups (broad SMARTS) is 1. The number of benzene rings is 1. The van der Waals surface area contributed by atoms with E-state index in [2.05, 4.69) is 6.92 Å². The largest absolute Gasteiger partial charge is 0.481 e. The molecule has 5 heteroatoms. The average molecular weight is 352 g/mol. The van der Waals surface area contributed by atoms with Gasteiger partial charge in [0, 0.05) is 18.1 Å². The van der Waals surface area contributed by atoms with Crippen molar-refractivity contribution in [3.05, 3.63) is 34.9 Å². The highest BCUT2D eigenvalue weighted by Gasteiger charge is 2.32. The fourth-order valence-corrected chi connectivity index (χ4v) is 3.55. The minimum absolute atomic E-state index is 0.108. The SMILES string of the molecule is CCCCC(C(=O)O)C1CCN(C(=O)Cc2ccc(Cl)cc2)CC1. The zero-order valence-electron chi connectivity index (χ0n) is 14.2. The number of carboxylic acids is 1. The van der Waals surface area contributed by atoms with Crippen molar-refractivity contribution in [2.45, 2.75) is 45.4 Å². The molecule has 0 aliphatic carbocycles. The molecule has 0 saturated carbocycles. The molecule has 1 amide bonds. The molecule has 1 aromatic rings. The standard InChI is InChI=1S/C19H26ClNO3/c1-2-3-4-17(19(23)24)15-9-11-21(12-10-15)18(22)13-14-5-7-16(20)8-6-14/h5-8,15,17H,2-4,9-13H2,1H3,(H,23,24). The predicted molar refractivity (Wildman–Crippen MR) is 95.1 cm³/mol. The highest BCUT2D eigenvalue weighted by molar-refractivity contribution is 6.30. The molecule has 1 atom stereocenters. The lowest BCUT2D eigenvalue weighted by Crippen LogP contribution is -2.42. The van der Waals surface area contributed by atoms with E-state index in [1.807, 2.05) is 17.0 Å². The Morgan fingerprint density at radius 1 is 1.25 bits per heavy atom. The van der Waals surface area contributed by atoms with Gasteiger partial charge >= 0.3 is 5.97 Å². The van der Waals surface area contributed by atoms with Crippen molar-refractivity contribution in [3.63, 3.8) is 0 Å². The van der Waals surface area contributed by atoms with Crippen LogP contribution in [0, 0.1) is 11.8 Å². The lowest BCUT2D eigenvalue weighted by molar-refractivity contribution is -0.145. The molecule has 1 aliphatic rings. The summed E-state index contributed by atoms with van der Waals surface area (Å²) in [6.45, 7) is 3.40. The van der Waals surface area contributed by atoms with E-state index >= 15 is 0 Å². The van der Waals surface area contributed by atoms with Crippen molar-refractivity contribution in [1.29, 1.82) is 0 Å². The number of hydrogen-bond donors (Lipinski definition) is 1. The third-order valence-corrected chi connectivity index (χ3v) is 5.17. The highest BCUT2D eigenvalue weighted by atomic mass is 35.5. The van der Waals surface area contributed by atoms with Gasteiger partial charge in [-0.15, -0.1) is 0 Å². The van der Waals surface area contributed by atoms with E-state index < -0.39 is 5.97 Å². The van der Waals surface area contributed by atoms with Crippen LogP contribution >= 0.6 is 11.6 Å². The number of carbonyl (C=O) groups excluding carboxylic acids is 1. The number of carbonyl (C=O) groups is 2. The van der Waals surface area contributed by atoms with Gasteiger partial charge < -0.3 is 10.0 Å². The molecule has 24 heavy (non-hydrogen) atoms. The van der Waals surface area contributed by atoms with Gasteiger partial charge in [-0.3, -0.25) is 9.59 Å². The summed E-state index contributed by atoms with van der Waals surface area (Å²) >= 11 is 5.86. The summed E-state index contributed by atoms with van der Waals surface area (Å²) in [5.74, 6) is -0.655. The second kappa shape index (κ2) is 9.07. The number of likely N-dealkylation sites (tertiary alicyclic amines) is 1. The minimum Gasteiger partial charge on any atom is -0.481 e. The van der Waals surface area contributed by atoms with Crippen LogP contribution in [0.3, 0.4) is 0 Å². The number of hydrogen-bond acceptors (Lipinski definition) is 2. The number of unbranched alkanes of at least 4 members (excludes halogenated alkanes) is 1. The first-order chi connectivity index (χ1) is 11.5. The summed E-state index contributed by atoms with van der Waals surface area (Å²) in [6, 6.07) is 7.33. The predicted octanol–water partition coefficient (Wildman–Crippen LogP) is 4.01. The Bertz CT molecular complexity index is 550. The molecule has 0 bridgehead atoms. The smallest absolute Gasteiger partial charge is 0.306 e. The molecule has 1 N–H and O–H groups in total. The van der Waals surface area contributed by atoms with Crippen LogP contribution in [0.1, 0.15) is 44.6 Å². The molecule has 1 aromatic carbocycles. The van der Waals surface area contributed by atoms with Crippen LogP contribution < -0.4 is 0 Å². The maximum Gasteiger partial charge on any atom is 0.306 e. The summed E-state index contributed by atoms with van der Waals surface area (Å²) in [4.78, 5) is 25.8. The van der Waals surface area contributed by atoms with Gasteiger partial charge in [0.1, 0.15) is 0 Å². The first-order valence-electron chi connectivity index (χ1n) is 8.76. The fraction of sp³-hybridized carbons (Fsp3) is 0.579. The molecule has 132 valence electrons. The Hall–Kier alpha value is -1.55. The summed E-state index contributed by atoms with van der Waals surface area (Å²) in [5, 5.41) is 10.1. The molecular weight excluding hydrogens is 326 g/mol. The Morgan fingerprint density at radius 3 is 2.42 bits per heavy atom. The monoisotopic (exact) mass is 351 g/mol. The van der Waals surface area contributed by atoms with E-state index in [9.17, 15) is 14.7 Å². The zero-order chi connectivity index (χ0) is 17.5. The molecule has 1 heterocycles. The van der Waals surface area contributed by atoms with Crippen molar-refractivity contribution < 1.29 is 14.7 Å². The number of piperidine rings is 1. The third kappa shape index (κ3) is 5.23. The second-order valence-electron chi connectivity index (χ2n) is 6.61. The number of halogens is 1. The summed E-state index contributed by atoms with van der Waals surface area (Å²) < 4.78 is 0. The molecule has 1 aliphatic heterocycles. The van der Waals surface area contributed by atoms with Gasteiger partial charge in [0.05, 0.1) is 12.3 Å². The molecule has 0 radical (unpaired) electrons. The van der Waals surface area contributed by atoms with Crippen LogP contribution in [-0.4, -0.2) is 35.0 Å². The normalized spacial score (nSPS) is 16.8. The minimum atomic E-state index is -0.686. The number of amides is 1. The van der Waals surface area contributed by atoms with Gasteiger partial charge in [0.25, 0.3) is 0 Å². The molecular formula is C19H26ClNO3. The topological polar surface area (TPSA) is 57.6 Å². The van der Waals surface area contributed by atoms with E-state index in [1.54, 1.807) is 12.1 Å². The number of nitrogens with zero attached hydrogens (tertiary/aromatic N) is 1. The van der Waals surface area contributed by atoms with Gasteiger partial charge in [-0.1, -0.05) is 43.5 Å².